The second-order valence-corrected chi connectivity index (χ2v) is 7.17. The van der Waals surface area contributed by atoms with Gasteiger partial charge in [0, 0.05) is 0 Å². The first-order chi connectivity index (χ1) is 5.61. The summed E-state index contributed by atoms with van der Waals surface area (Å²) in [4.78, 5) is 0. The first-order valence-electron chi connectivity index (χ1n) is 4.37. The van der Waals surface area contributed by atoms with Crippen LogP contribution in [0.2, 0.25) is 0 Å². The molecule has 5 heteroatoms. The molecule has 15 heavy (non-hydrogen) atoms. The van der Waals surface area contributed by atoms with Gasteiger partial charge in [0.1, 0.15) is 0 Å². The zero-order chi connectivity index (χ0) is 9.14. The molecule has 0 saturated carbocycles. The van der Waals surface area contributed by atoms with Crippen molar-refractivity contribution in [3.8, 4) is 0 Å². The van der Waals surface area contributed by atoms with Crippen molar-refractivity contribution >= 4 is 45.1 Å². The van der Waals surface area contributed by atoms with Gasteiger partial charge in [-0.25, -0.2) is 0 Å². The molecular formula is C10H19Cl3PTi. The van der Waals surface area contributed by atoms with Gasteiger partial charge in [0.2, 0.25) is 0 Å². The van der Waals surface area contributed by atoms with Crippen LogP contribution >= 0.6 is 45.1 Å². The minimum atomic E-state index is 0. The number of allylic oxidation sites excluding steroid dienone is 4. The van der Waals surface area contributed by atoms with Crippen LogP contribution in [0.3, 0.4) is 0 Å². The minimum absolute atomic E-state index is 0. The summed E-state index contributed by atoms with van der Waals surface area (Å²) in [5.74, 6) is 0.782. The maximum atomic E-state index is 2.36. The van der Waals surface area contributed by atoms with E-state index in [1.807, 2.05) is 0 Å². The molecule has 0 aliphatic heterocycles. The molecule has 0 N–H and O–H groups in total. The molecule has 0 radical (unpaired) electrons. The Balaban J connectivity index is -0.000000480. The summed E-state index contributed by atoms with van der Waals surface area (Å²) in [7, 11) is 0.257. The average Bonchev–Trinajstić information content (AvgIpc) is 2.33. The van der Waals surface area contributed by atoms with Crippen molar-refractivity contribution in [2.45, 2.75) is 13.3 Å². The molecule has 1 unspecified atom stereocenters. The summed E-state index contributed by atoms with van der Waals surface area (Å²) in [5.41, 5.74) is 1.60. The Morgan fingerprint density at radius 3 is 2.20 bits per heavy atom. The molecular weight excluding hydrogens is 305 g/mol. The molecule has 0 heterocycles. The van der Waals surface area contributed by atoms with Crippen LogP contribution < -0.4 is 0 Å². The standard InChI is InChI=1S/C10H16P.3ClH.Ti/c1-9(8-11(2)3)10-6-4-5-7-10;;;;/h4,6,9H,5,8H2,1-3H3;3*1H;. The first-order valence-corrected chi connectivity index (χ1v) is 7.57. The predicted molar refractivity (Wildman–Crippen MR) is 75.3 cm³/mol. The van der Waals surface area contributed by atoms with Crippen LogP contribution in [0.5, 0.6) is 0 Å². The van der Waals surface area contributed by atoms with Gasteiger partial charge < -0.3 is 0 Å². The predicted octanol–water partition coefficient (Wildman–Crippen LogP) is 4.39. The van der Waals surface area contributed by atoms with Gasteiger partial charge in [-0.05, 0) is 0 Å². The number of rotatable bonds is 3. The molecule has 0 saturated heterocycles. The van der Waals surface area contributed by atoms with Gasteiger partial charge in [-0.1, -0.05) is 0 Å². The summed E-state index contributed by atoms with van der Waals surface area (Å²) < 4.78 is 1.58. The Labute approximate surface area is 125 Å². The van der Waals surface area contributed by atoms with Crippen LogP contribution in [0.15, 0.2) is 21.6 Å². The fourth-order valence-corrected chi connectivity index (χ4v) is 3.62. The van der Waals surface area contributed by atoms with Crippen LogP contribution in [0.1, 0.15) is 13.3 Å². The van der Waals surface area contributed by atoms with E-state index in [4.69, 9.17) is 0 Å². The molecule has 1 atom stereocenters. The van der Waals surface area contributed by atoms with Crippen LogP contribution in [0.25, 0.3) is 0 Å². The van der Waals surface area contributed by atoms with Gasteiger partial charge >= 0.3 is 88.7 Å². The molecule has 0 aromatic carbocycles. The van der Waals surface area contributed by atoms with E-state index >= 15 is 0 Å². The second-order valence-electron chi connectivity index (χ2n) is 3.70. The Morgan fingerprint density at radius 1 is 1.33 bits per heavy atom. The monoisotopic (exact) mass is 323 g/mol. The number of hydrogen-bond donors (Lipinski definition) is 0. The van der Waals surface area contributed by atoms with Gasteiger partial charge in [-0.2, -0.15) is 0 Å². The van der Waals surface area contributed by atoms with Gasteiger partial charge in [0.25, 0.3) is 0 Å². The fourth-order valence-electron chi connectivity index (χ4n) is 1.63. The van der Waals surface area contributed by atoms with Crippen LogP contribution in [0, 0.1) is 5.92 Å². The first kappa shape index (κ1) is 21.7. The van der Waals surface area contributed by atoms with Gasteiger partial charge in [0.05, 0.1) is 0 Å². The van der Waals surface area contributed by atoms with Crippen LogP contribution in [-0.4, -0.2) is 19.5 Å². The molecule has 1 aliphatic rings. The molecule has 1 rings (SSSR count). The van der Waals surface area contributed by atoms with E-state index in [0.29, 0.717) is 0 Å². The van der Waals surface area contributed by atoms with Crippen LogP contribution in [0.4, 0.5) is 0 Å². The van der Waals surface area contributed by atoms with Crippen molar-refractivity contribution in [3.05, 3.63) is 21.6 Å². The Hall–Kier alpha value is 1.49. The van der Waals surface area contributed by atoms with Gasteiger partial charge in [-0.3, -0.25) is 0 Å². The molecule has 89 valence electrons. The van der Waals surface area contributed by atoms with Crippen molar-refractivity contribution in [2.75, 3.05) is 19.5 Å². The van der Waals surface area contributed by atoms with E-state index in [2.05, 4.69) is 52.8 Å². The van der Waals surface area contributed by atoms with Crippen molar-refractivity contribution in [1.82, 2.24) is 0 Å². The quantitative estimate of drug-likeness (QED) is 0.533. The minimum Gasteiger partial charge on any atom is -0.147 e. The number of hydrogen-bond acceptors (Lipinski definition) is 0. The molecule has 1 aliphatic carbocycles. The normalized spacial score (nSPS) is 15.4. The summed E-state index contributed by atoms with van der Waals surface area (Å²) in [5, 5.41) is 0. The summed E-state index contributed by atoms with van der Waals surface area (Å²) in [6, 6.07) is 0. The van der Waals surface area contributed by atoms with Crippen molar-refractivity contribution < 1.29 is 20.4 Å². The Kier molecular flexibility index (Phi) is 15.4. The maximum absolute atomic E-state index is 2.36. The molecule has 0 fully saturated rings. The topological polar surface area (TPSA) is 0 Å². The van der Waals surface area contributed by atoms with E-state index in [1.165, 1.54) is 12.6 Å². The van der Waals surface area contributed by atoms with E-state index in [9.17, 15) is 0 Å². The van der Waals surface area contributed by atoms with E-state index in [-0.39, 0.29) is 45.1 Å². The third kappa shape index (κ3) is 7.42. The molecule has 0 nitrogen and oxygen atoms in total. The van der Waals surface area contributed by atoms with Crippen molar-refractivity contribution in [1.29, 1.82) is 0 Å². The second kappa shape index (κ2) is 10.6. The van der Waals surface area contributed by atoms with Gasteiger partial charge in [-0.15, -0.1) is 37.2 Å². The molecule has 0 amide bonds. The smallest absolute Gasteiger partial charge is 0.147 e. The average molecular weight is 324 g/mol. The van der Waals surface area contributed by atoms with Gasteiger partial charge in [0.15, 0.2) is 0 Å². The fraction of sp³-hybridized carbons (Fsp3) is 0.600. The summed E-state index contributed by atoms with van der Waals surface area (Å²) >= 11 is 2.26. The van der Waals surface area contributed by atoms with E-state index in [0.717, 1.165) is 5.92 Å². The number of halogens is 3. The maximum Gasteiger partial charge on any atom is -0.147 e. The van der Waals surface area contributed by atoms with Crippen molar-refractivity contribution in [3.63, 3.8) is 0 Å². The Bertz CT molecular complexity index is 227. The molecule has 0 aromatic rings. The SMILES string of the molecule is CC(CP(C)C)C1=[C]([Ti])CC=C1.Cl.Cl.Cl. The molecule has 0 spiro atoms. The summed E-state index contributed by atoms with van der Waals surface area (Å²) in [6.45, 7) is 7.08. The third-order valence-corrected chi connectivity index (χ3v) is 4.19. The van der Waals surface area contributed by atoms with Crippen LogP contribution in [-0.2, 0) is 20.4 Å². The van der Waals surface area contributed by atoms with E-state index in [1.54, 1.807) is 9.45 Å². The third-order valence-electron chi connectivity index (χ3n) is 2.14. The Morgan fingerprint density at radius 2 is 1.87 bits per heavy atom. The van der Waals surface area contributed by atoms with E-state index < -0.39 is 0 Å². The molecule has 0 aromatic heterocycles. The van der Waals surface area contributed by atoms with Crippen molar-refractivity contribution in [2.24, 2.45) is 5.92 Å². The zero-order valence-electron chi connectivity index (χ0n) is 9.32. The largest absolute Gasteiger partial charge is 0.147 e. The summed E-state index contributed by atoms with van der Waals surface area (Å²) in [6.07, 6.45) is 7.17. The molecule has 0 bridgehead atoms. The zero-order valence-corrected chi connectivity index (χ0v) is 14.2.